The molecule has 0 saturated heterocycles. The van der Waals surface area contributed by atoms with Crippen molar-refractivity contribution in [2.75, 3.05) is 25.5 Å². The first-order chi connectivity index (χ1) is 10.3. The highest BCUT2D eigenvalue weighted by molar-refractivity contribution is 6.31. The molecule has 0 aliphatic carbocycles. The second-order valence-corrected chi connectivity index (χ2v) is 5.41. The Hall–Kier alpha value is -1.26. The van der Waals surface area contributed by atoms with E-state index >= 15 is 0 Å². The summed E-state index contributed by atoms with van der Waals surface area (Å²) in [6, 6.07) is 13.9. The normalized spacial score (nSPS) is 16.9. The molecule has 5 heteroatoms. The minimum absolute atomic E-state index is 0.0670. The average Bonchev–Trinajstić information content (AvgIpc) is 2.72. The summed E-state index contributed by atoms with van der Waals surface area (Å²) in [7, 11) is 1.00. The van der Waals surface area contributed by atoms with E-state index in [4.69, 9.17) is 28.3 Å². The smallest absolute Gasteiger partial charge is 0.0613 e. The Morgan fingerprint density at radius 1 is 1.00 bits per heavy atom. The number of nitrogens with one attached hydrogen (secondary N) is 2. The molecule has 0 spiro atoms. The van der Waals surface area contributed by atoms with Crippen molar-refractivity contribution >= 4 is 28.9 Å². The maximum Gasteiger partial charge on any atom is 0.0613 e. The average molecular weight is 325 g/mol. The molecule has 21 heavy (non-hydrogen) atoms. The monoisotopic (exact) mass is 324 g/mol. The zero-order chi connectivity index (χ0) is 15.2. The Morgan fingerprint density at radius 2 is 1.76 bits per heavy atom. The van der Waals surface area contributed by atoms with Gasteiger partial charge < -0.3 is 15.7 Å². The van der Waals surface area contributed by atoms with Gasteiger partial charge in [-0.3, -0.25) is 0 Å². The molecule has 0 saturated carbocycles. The lowest BCUT2D eigenvalue weighted by atomic mass is 9.97. The second-order valence-electron chi connectivity index (χ2n) is 4.57. The van der Waals surface area contributed by atoms with Gasteiger partial charge in [-0.2, -0.15) is 0 Å². The summed E-state index contributed by atoms with van der Waals surface area (Å²) in [6.45, 7) is 1.76. The molecule has 0 aromatic heterocycles. The first-order valence-corrected chi connectivity index (χ1v) is 7.47. The summed E-state index contributed by atoms with van der Waals surface area (Å²) in [5.74, 6) is 0. The lowest BCUT2D eigenvalue weighted by Crippen LogP contribution is -2.24. The largest absolute Gasteiger partial charge is 0.400 e. The van der Waals surface area contributed by atoms with Gasteiger partial charge in [0.1, 0.15) is 0 Å². The number of halogens is 2. The van der Waals surface area contributed by atoms with Crippen molar-refractivity contribution < 1.29 is 5.11 Å². The standard InChI is InChI=1S/C15H14Cl2N2.CH4O/c16-10-5-6-14-12(9-10)15(19-8-7-18-14)11-3-1-2-4-13(11)17;1-2/h1-6,9,15,18-19H,7-8H2;2H,1H3. The Kier molecular flexibility index (Phi) is 5.88. The van der Waals surface area contributed by atoms with Crippen LogP contribution < -0.4 is 10.6 Å². The Bertz CT molecular complexity index is 605. The van der Waals surface area contributed by atoms with Crippen molar-refractivity contribution in [2.24, 2.45) is 0 Å². The van der Waals surface area contributed by atoms with Crippen molar-refractivity contribution in [1.82, 2.24) is 5.32 Å². The van der Waals surface area contributed by atoms with Gasteiger partial charge in [0.05, 0.1) is 6.04 Å². The van der Waals surface area contributed by atoms with Gasteiger partial charge in [0.15, 0.2) is 0 Å². The number of aliphatic hydroxyl groups excluding tert-OH is 1. The number of aliphatic hydroxyl groups is 1. The minimum atomic E-state index is 0.0670. The molecule has 1 atom stereocenters. The predicted octanol–water partition coefficient (Wildman–Crippen LogP) is 3.71. The summed E-state index contributed by atoms with van der Waals surface area (Å²) < 4.78 is 0. The molecule has 0 bridgehead atoms. The molecular formula is C16H18Cl2N2O. The van der Waals surface area contributed by atoms with Crippen LogP contribution in [0.15, 0.2) is 42.5 Å². The second kappa shape index (κ2) is 7.66. The third-order valence-corrected chi connectivity index (χ3v) is 3.91. The highest BCUT2D eigenvalue weighted by Gasteiger charge is 2.21. The van der Waals surface area contributed by atoms with E-state index in [1.54, 1.807) is 0 Å². The van der Waals surface area contributed by atoms with Crippen LogP contribution in [-0.2, 0) is 0 Å². The molecule has 0 radical (unpaired) electrons. The van der Waals surface area contributed by atoms with E-state index in [0.717, 1.165) is 47.1 Å². The van der Waals surface area contributed by atoms with Gasteiger partial charge in [0, 0.05) is 35.9 Å². The first-order valence-electron chi connectivity index (χ1n) is 6.71. The van der Waals surface area contributed by atoms with Crippen molar-refractivity contribution in [1.29, 1.82) is 0 Å². The number of benzene rings is 2. The van der Waals surface area contributed by atoms with Crippen LogP contribution in [0.1, 0.15) is 17.2 Å². The lowest BCUT2D eigenvalue weighted by molar-refractivity contribution is 0.399. The Labute approximate surface area is 134 Å². The quantitative estimate of drug-likeness (QED) is 0.749. The number of rotatable bonds is 1. The zero-order valence-electron chi connectivity index (χ0n) is 11.7. The fourth-order valence-electron chi connectivity index (χ4n) is 2.44. The predicted molar refractivity (Wildman–Crippen MR) is 89.4 cm³/mol. The van der Waals surface area contributed by atoms with E-state index in [9.17, 15) is 0 Å². The van der Waals surface area contributed by atoms with Crippen LogP contribution in [0.4, 0.5) is 5.69 Å². The van der Waals surface area contributed by atoms with Crippen molar-refractivity contribution in [2.45, 2.75) is 6.04 Å². The van der Waals surface area contributed by atoms with Crippen LogP contribution in [-0.4, -0.2) is 25.3 Å². The van der Waals surface area contributed by atoms with E-state index < -0.39 is 0 Å². The Morgan fingerprint density at radius 3 is 2.52 bits per heavy atom. The first kappa shape index (κ1) is 16.1. The molecule has 3 rings (SSSR count). The highest BCUT2D eigenvalue weighted by Crippen LogP contribution is 2.34. The van der Waals surface area contributed by atoms with Crippen LogP contribution in [0.5, 0.6) is 0 Å². The molecule has 2 aromatic carbocycles. The van der Waals surface area contributed by atoms with Crippen LogP contribution in [0.25, 0.3) is 0 Å². The molecule has 1 heterocycles. The molecule has 0 fully saturated rings. The third kappa shape index (κ3) is 3.69. The van der Waals surface area contributed by atoms with Crippen LogP contribution in [0.3, 0.4) is 0 Å². The number of anilines is 1. The zero-order valence-corrected chi connectivity index (χ0v) is 13.2. The van der Waals surface area contributed by atoms with E-state index in [2.05, 4.69) is 16.7 Å². The molecular weight excluding hydrogens is 307 g/mol. The Balaban J connectivity index is 0.000000774. The minimum Gasteiger partial charge on any atom is -0.400 e. The summed E-state index contributed by atoms with van der Waals surface area (Å²) in [6.07, 6.45) is 0. The summed E-state index contributed by atoms with van der Waals surface area (Å²) in [5, 5.41) is 15.4. The van der Waals surface area contributed by atoms with Crippen molar-refractivity contribution in [3.63, 3.8) is 0 Å². The van der Waals surface area contributed by atoms with Crippen LogP contribution in [0.2, 0.25) is 10.0 Å². The van der Waals surface area contributed by atoms with Gasteiger partial charge in [-0.1, -0.05) is 41.4 Å². The highest BCUT2D eigenvalue weighted by atomic mass is 35.5. The number of hydrogen-bond donors (Lipinski definition) is 3. The summed E-state index contributed by atoms with van der Waals surface area (Å²) >= 11 is 12.5. The third-order valence-electron chi connectivity index (χ3n) is 3.33. The number of fused-ring (bicyclic) bond motifs is 1. The maximum absolute atomic E-state index is 7.00. The van der Waals surface area contributed by atoms with Crippen molar-refractivity contribution in [3.8, 4) is 0 Å². The molecule has 0 amide bonds. The van der Waals surface area contributed by atoms with Gasteiger partial charge in [0.25, 0.3) is 0 Å². The maximum atomic E-state index is 7.00. The number of hydrogen-bond acceptors (Lipinski definition) is 3. The van der Waals surface area contributed by atoms with Gasteiger partial charge in [-0.25, -0.2) is 0 Å². The van der Waals surface area contributed by atoms with Crippen LogP contribution >= 0.6 is 23.2 Å². The molecule has 3 N–H and O–H groups in total. The molecule has 1 aliphatic rings. The van der Waals surface area contributed by atoms with Gasteiger partial charge >= 0.3 is 0 Å². The topological polar surface area (TPSA) is 44.3 Å². The molecule has 112 valence electrons. The van der Waals surface area contributed by atoms with Gasteiger partial charge in [-0.15, -0.1) is 0 Å². The lowest BCUT2D eigenvalue weighted by Gasteiger charge is -2.20. The van der Waals surface area contributed by atoms with E-state index in [-0.39, 0.29) is 6.04 Å². The van der Waals surface area contributed by atoms with Crippen molar-refractivity contribution in [3.05, 3.63) is 63.6 Å². The van der Waals surface area contributed by atoms with E-state index in [1.807, 2.05) is 36.4 Å². The van der Waals surface area contributed by atoms with Gasteiger partial charge in [-0.05, 0) is 35.4 Å². The summed E-state index contributed by atoms with van der Waals surface area (Å²) in [4.78, 5) is 0. The van der Waals surface area contributed by atoms with Gasteiger partial charge in [0.2, 0.25) is 0 Å². The van der Waals surface area contributed by atoms with Crippen LogP contribution in [0, 0.1) is 0 Å². The molecule has 3 nitrogen and oxygen atoms in total. The van der Waals surface area contributed by atoms with E-state index in [1.165, 1.54) is 0 Å². The molecule has 1 aliphatic heterocycles. The van der Waals surface area contributed by atoms with E-state index in [0.29, 0.717) is 0 Å². The molecule has 2 aromatic rings. The molecule has 1 unspecified atom stereocenters. The summed E-state index contributed by atoms with van der Waals surface area (Å²) in [5.41, 5.74) is 3.33. The fraction of sp³-hybridized carbons (Fsp3) is 0.250. The SMILES string of the molecule is CO.Clc1ccc2c(c1)C(c1ccccc1Cl)NCCN2. The fourth-order valence-corrected chi connectivity index (χ4v) is 2.87.